The number of Topliss-reactive ketones (excluding diaryl/α,β-unsaturated/α-hetero) is 3. The fourth-order valence-electron chi connectivity index (χ4n) is 1.24. The zero-order chi connectivity index (χ0) is 22.3. The molecule has 0 rings (SSSR count). The summed E-state index contributed by atoms with van der Waals surface area (Å²) >= 11 is 0. The number of rotatable bonds is 3. The molecule has 3 N–H and O–H groups in total. The van der Waals surface area contributed by atoms with Crippen molar-refractivity contribution < 1.29 is 49.8 Å². The van der Waals surface area contributed by atoms with Crippen LogP contribution >= 0.6 is 0 Å². The van der Waals surface area contributed by atoms with Gasteiger partial charge in [0.2, 0.25) is 0 Å². The topological polar surface area (TPSA) is 144 Å². The van der Waals surface area contributed by atoms with Crippen LogP contribution in [0.15, 0.2) is 34.2 Å². The zero-order valence-electron chi connectivity index (χ0n) is 16.2. The number of allylic oxidation sites excluding steroid dienone is 6. The van der Waals surface area contributed by atoms with Crippen molar-refractivity contribution in [3.63, 3.8) is 0 Å². The fraction of sp³-hybridized carbons (Fsp3) is 0.333. The van der Waals surface area contributed by atoms with Gasteiger partial charge in [-0.05, 0) is 41.5 Å². The van der Waals surface area contributed by atoms with Gasteiger partial charge in [0.25, 0.3) is 11.4 Å². The third-order valence-electron chi connectivity index (χ3n) is 2.40. The summed E-state index contributed by atoms with van der Waals surface area (Å²) in [5.74, 6) is -1.84. The molecule has 0 aromatic carbocycles. The maximum absolute atomic E-state index is 10.4. The summed E-state index contributed by atoms with van der Waals surface area (Å²) in [6.45, 7) is 20.5. The Morgan fingerprint density at radius 2 is 1.00 bits per heavy atom. The van der Waals surface area contributed by atoms with Gasteiger partial charge in [-0.3, -0.25) is 4.79 Å². The van der Waals surface area contributed by atoms with Gasteiger partial charge >= 0.3 is 0 Å². The molecule has 28 heavy (non-hydrogen) atoms. The normalized spacial score (nSPS) is 11.2. The molecule has 0 unspecified atom stereocenters. The van der Waals surface area contributed by atoms with Gasteiger partial charge in [0.05, 0.1) is 13.1 Å². The van der Waals surface area contributed by atoms with E-state index in [1.165, 1.54) is 41.5 Å². The number of ketones is 3. The Morgan fingerprint density at radius 1 is 0.714 bits per heavy atom. The molecule has 9 nitrogen and oxygen atoms in total. The molecule has 0 atom stereocenters. The number of carbonyl (C=O) groups excluding carboxylic acids is 3. The van der Waals surface area contributed by atoms with Gasteiger partial charge in [-0.25, -0.2) is 9.69 Å². The molecule has 1 radical (unpaired) electrons. The Labute approximate surface area is 177 Å². The van der Waals surface area contributed by atoms with Crippen LogP contribution in [0.25, 0.3) is 9.69 Å². The van der Waals surface area contributed by atoms with E-state index in [0.717, 1.165) is 0 Å². The number of aliphatic hydroxyl groups is 3. The smallest absolute Gasteiger partial charge is 0.264 e. The Bertz CT molecular complexity index is 696. The molecule has 0 saturated heterocycles. The Morgan fingerprint density at radius 3 is 1.00 bits per heavy atom. The molecule has 0 amide bonds. The molecule has 0 heterocycles. The molecule has 0 aliphatic heterocycles. The number of carbonyl (C=O) groups is 3. The monoisotopic (exact) mass is 568 g/mol. The van der Waals surface area contributed by atoms with Crippen molar-refractivity contribution in [1.82, 2.24) is 0 Å². The molecule has 0 saturated carbocycles. The van der Waals surface area contributed by atoms with E-state index < -0.39 is 17.3 Å². The van der Waals surface area contributed by atoms with Crippen LogP contribution in [0.1, 0.15) is 41.5 Å². The molecule has 0 aliphatic rings. The standard InChI is InChI=1S/3C6H7NO2.Ir/c2*1-4(8)6(7-3)5(2)9;1-4(8)6(3-7)5(2)9;/h3*8H,1-2H3;/b2*6-4+;6-4-;. The Kier molecular flexibility index (Phi) is 19.9. The first-order valence-corrected chi connectivity index (χ1v) is 7.15. The average molecular weight is 568 g/mol. The van der Waals surface area contributed by atoms with Crippen LogP contribution in [0.5, 0.6) is 0 Å². The summed E-state index contributed by atoms with van der Waals surface area (Å²) in [6.07, 6.45) is 0. The predicted molar refractivity (Wildman–Crippen MR) is 96.8 cm³/mol. The van der Waals surface area contributed by atoms with Crippen LogP contribution in [-0.4, -0.2) is 32.7 Å². The summed E-state index contributed by atoms with van der Waals surface area (Å²) in [6, 6.07) is 1.58. The molecule has 0 aliphatic carbocycles. The van der Waals surface area contributed by atoms with Gasteiger partial charge in [-0.1, -0.05) is 0 Å². The quantitative estimate of drug-likeness (QED) is 0.205. The van der Waals surface area contributed by atoms with E-state index in [0.29, 0.717) is 0 Å². The summed E-state index contributed by atoms with van der Waals surface area (Å²) in [4.78, 5) is 36.8. The van der Waals surface area contributed by atoms with Gasteiger partial charge in [-0.15, -0.1) is 0 Å². The molecule has 153 valence electrons. The predicted octanol–water partition coefficient (Wildman–Crippen LogP) is 3.50. The number of nitriles is 1. The first-order chi connectivity index (χ1) is 12.3. The second-order valence-electron chi connectivity index (χ2n) is 4.83. The maximum Gasteiger partial charge on any atom is 0.264 e. The van der Waals surface area contributed by atoms with Crippen molar-refractivity contribution in [2.75, 3.05) is 0 Å². The maximum atomic E-state index is 10.4. The minimum atomic E-state index is -0.405. The van der Waals surface area contributed by atoms with Gasteiger partial charge in [0.15, 0.2) is 17.3 Å². The molecule has 0 aromatic rings. The minimum Gasteiger partial charge on any atom is -0.523 e. The van der Waals surface area contributed by atoms with Crippen molar-refractivity contribution in [3.05, 3.63) is 57.1 Å². The second-order valence-corrected chi connectivity index (χ2v) is 4.83. The summed E-state index contributed by atoms with van der Waals surface area (Å²) in [5, 5.41) is 34.1. The first kappa shape index (κ1) is 32.4. The van der Waals surface area contributed by atoms with Gasteiger partial charge in [0, 0.05) is 20.1 Å². The molecule has 0 spiro atoms. The van der Waals surface area contributed by atoms with Crippen LogP contribution < -0.4 is 0 Å². The first-order valence-electron chi connectivity index (χ1n) is 7.15. The fourth-order valence-corrected chi connectivity index (χ4v) is 1.24. The minimum absolute atomic E-state index is 0. The van der Waals surface area contributed by atoms with Crippen molar-refractivity contribution in [2.45, 2.75) is 41.5 Å². The van der Waals surface area contributed by atoms with Gasteiger partial charge < -0.3 is 24.9 Å². The molecular weight excluding hydrogens is 546 g/mol. The average Bonchev–Trinajstić information content (AvgIpc) is 2.47. The van der Waals surface area contributed by atoms with Gasteiger partial charge in [0.1, 0.15) is 28.9 Å². The van der Waals surface area contributed by atoms with E-state index in [1.54, 1.807) is 6.07 Å². The molecular formula is C18H21IrN3O6. The Hall–Kier alpha value is -3.25. The van der Waals surface area contributed by atoms with Crippen molar-refractivity contribution in [2.24, 2.45) is 0 Å². The SMILES string of the molecule is CC(=O)/C(C#N)=C(/C)O.[C-]#[N+]/C(C(C)=O)=C(\C)O.[C-]#[N+]/C(C(C)=O)=C(\C)O.[Ir]. The molecule has 10 heteroatoms. The third-order valence-corrected chi connectivity index (χ3v) is 2.40. The third kappa shape index (κ3) is 15.0. The van der Waals surface area contributed by atoms with E-state index in [9.17, 15) is 14.4 Å². The number of nitrogens with zero attached hydrogens (tertiary/aromatic N) is 3. The molecule has 0 fully saturated rings. The van der Waals surface area contributed by atoms with Crippen LogP contribution in [-0.2, 0) is 34.5 Å². The van der Waals surface area contributed by atoms with E-state index in [4.69, 9.17) is 33.7 Å². The van der Waals surface area contributed by atoms with Crippen molar-refractivity contribution in [3.8, 4) is 6.07 Å². The number of aliphatic hydroxyl groups excluding tert-OH is 3. The molecule has 0 bridgehead atoms. The second kappa shape index (κ2) is 17.2. The van der Waals surface area contributed by atoms with E-state index >= 15 is 0 Å². The number of hydrogen-bond donors (Lipinski definition) is 3. The van der Waals surface area contributed by atoms with E-state index in [2.05, 4.69) is 9.69 Å². The van der Waals surface area contributed by atoms with Crippen molar-refractivity contribution in [1.29, 1.82) is 5.26 Å². The van der Waals surface area contributed by atoms with Crippen LogP contribution in [0.4, 0.5) is 0 Å². The van der Waals surface area contributed by atoms with E-state index in [-0.39, 0.29) is 54.4 Å². The van der Waals surface area contributed by atoms with Crippen LogP contribution in [0, 0.1) is 24.5 Å². The zero-order valence-corrected chi connectivity index (χ0v) is 18.6. The summed E-state index contributed by atoms with van der Waals surface area (Å²) in [7, 11) is 0. The molecule has 0 aromatic heterocycles. The summed E-state index contributed by atoms with van der Waals surface area (Å²) < 4.78 is 0. The summed E-state index contributed by atoms with van der Waals surface area (Å²) in [5.41, 5.74) is -0.542. The van der Waals surface area contributed by atoms with Crippen LogP contribution in [0.3, 0.4) is 0 Å². The van der Waals surface area contributed by atoms with Crippen LogP contribution in [0.2, 0.25) is 0 Å². The Balaban J connectivity index is -0.000000152. The largest absolute Gasteiger partial charge is 0.523 e. The number of hydrogen-bond acceptors (Lipinski definition) is 7. The van der Waals surface area contributed by atoms with Crippen molar-refractivity contribution >= 4 is 17.3 Å². The van der Waals surface area contributed by atoms with E-state index in [1.807, 2.05) is 0 Å². The van der Waals surface area contributed by atoms with Gasteiger partial charge in [-0.2, -0.15) is 5.26 Å².